The predicted molar refractivity (Wildman–Crippen MR) is 63.3 cm³/mol. The summed E-state index contributed by atoms with van der Waals surface area (Å²) in [4.78, 5) is 0. The van der Waals surface area contributed by atoms with Crippen molar-refractivity contribution in [2.24, 2.45) is 5.92 Å². The molecule has 1 aromatic carbocycles. The fraction of sp³-hybridized carbons (Fsp3) is 0.462. The highest BCUT2D eigenvalue weighted by atomic mass is 19.1. The Morgan fingerprint density at radius 3 is 3.24 bits per heavy atom. The van der Waals surface area contributed by atoms with E-state index in [1.54, 1.807) is 6.07 Å². The molecule has 3 rings (SSSR count). The Bertz CT molecular complexity index is 517. The molecule has 4 heteroatoms. The van der Waals surface area contributed by atoms with Crippen LogP contribution < -0.4 is 5.32 Å². The first-order valence-electron chi connectivity index (χ1n) is 6.08. The largest absolute Gasteiger partial charge is 0.353 e. The van der Waals surface area contributed by atoms with Crippen LogP contribution in [0.3, 0.4) is 0 Å². The number of nitrogens with one attached hydrogen (secondary N) is 1. The number of benzene rings is 1. The van der Waals surface area contributed by atoms with Crippen LogP contribution in [0.1, 0.15) is 18.5 Å². The third kappa shape index (κ3) is 2.05. The lowest BCUT2D eigenvalue weighted by Gasteiger charge is -2.21. The van der Waals surface area contributed by atoms with E-state index in [0.29, 0.717) is 5.92 Å². The zero-order valence-electron chi connectivity index (χ0n) is 9.58. The average Bonchev–Trinajstić information content (AvgIpc) is 2.76. The molecule has 3 nitrogen and oxygen atoms in total. The Hall–Kier alpha value is -1.42. The van der Waals surface area contributed by atoms with Gasteiger partial charge in [0.1, 0.15) is 0 Å². The number of hydrogen-bond acceptors (Lipinski definition) is 3. The molecule has 1 saturated heterocycles. The van der Waals surface area contributed by atoms with Gasteiger partial charge in [0, 0.05) is 5.39 Å². The van der Waals surface area contributed by atoms with Gasteiger partial charge in [-0.25, -0.2) is 4.39 Å². The highest BCUT2D eigenvalue weighted by molar-refractivity contribution is 5.79. The molecule has 0 saturated carbocycles. The highest BCUT2D eigenvalue weighted by Crippen LogP contribution is 2.24. The summed E-state index contributed by atoms with van der Waals surface area (Å²) in [5.41, 5.74) is 1.17. The molecular formula is C13H15FN2O. The quantitative estimate of drug-likeness (QED) is 0.867. The van der Waals surface area contributed by atoms with Gasteiger partial charge >= 0.3 is 0 Å². The molecule has 2 aromatic rings. The summed E-state index contributed by atoms with van der Waals surface area (Å²) in [7, 11) is 0. The normalized spacial score (nSPS) is 20.9. The van der Waals surface area contributed by atoms with Gasteiger partial charge in [-0.3, -0.25) is 0 Å². The van der Waals surface area contributed by atoms with E-state index in [9.17, 15) is 4.39 Å². The van der Waals surface area contributed by atoms with Gasteiger partial charge in [-0.2, -0.15) is 0 Å². The van der Waals surface area contributed by atoms with E-state index in [1.165, 1.54) is 18.9 Å². The van der Waals surface area contributed by atoms with Crippen LogP contribution in [-0.2, 0) is 6.42 Å². The summed E-state index contributed by atoms with van der Waals surface area (Å²) in [5, 5.41) is 8.20. The second kappa shape index (κ2) is 4.45. The molecular weight excluding hydrogens is 219 g/mol. The van der Waals surface area contributed by atoms with Gasteiger partial charge in [-0.1, -0.05) is 11.2 Å². The minimum atomic E-state index is -0.331. The van der Waals surface area contributed by atoms with Gasteiger partial charge in [0.25, 0.3) is 0 Å². The van der Waals surface area contributed by atoms with Crippen molar-refractivity contribution in [2.75, 3.05) is 13.1 Å². The van der Waals surface area contributed by atoms with Crippen molar-refractivity contribution >= 4 is 11.0 Å². The molecule has 1 fully saturated rings. The number of hydrogen-bond donors (Lipinski definition) is 1. The van der Waals surface area contributed by atoms with E-state index in [0.717, 1.165) is 30.6 Å². The smallest absolute Gasteiger partial charge is 0.202 e. The number of nitrogens with zero attached hydrogens (tertiary/aromatic N) is 1. The molecule has 17 heavy (non-hydrogen) atoms. The van der Waals surface area contributed by atoms with Crippen LogP contribution in [-0.4, -0.2) is 18.2 Å². The number of para-hydroxylation sites is 1. The number of fused-ring (bicyclic) bond motifs is 1. The van der Waals surface area contributed by atoms with Crippen molar-refractivity contribution < 1.29 is 8.91 Å². The second-order valence-corrected chi connectivity index (χ2v) is 4.66. The van der Waals surface area contributed by atoms with Gasteiger partial charge in [0.2, 0.25) is 5.58 Å². The lowest BCUT2D eigenvalue weighted by atomic mass is 9.94. The van der Waals surface area contributed by atoms with E-state index in [-0.39, 0.29) is 11.4 Å². The number of aromatic nitrogens is 1. The minimum absolute atomic E-state index is 0.284. The molecule has 0 aliphatic carbocycles. The van der Waals surface area contributed by atoms with E-state index >= 15 is 0 Å². The summed E-state index contributed by atoms with van der Waals surface area (Å²) in [6.45, 7) is 2.12. The topological polar surface area (TPSA) is 38.1 Å². The zero-order valence-corrected chi connectivity index (χ0v) is 9.58. The third-order valence-electron chi connectivity index (χ3n) is 3.41. The standard InChI is InChI=1S/C13H15FN2O/c14-11-5-1-4-10-12(16-17-13(10)11)7-9-3-2-6-15-8-9/h1,4-5,9,15H,2-3,6-8H2. The number of rotatable bonds is 2. The van der Waals surface area contributed by atoms with Crippen molar-refractivity contribution in [3.05, 3.63) is 29.7 Å². The summed E-state index contributed by atoms with van der Waals surface area (Å²) in [6.07, 6.45) is 3.27. The van der Waals surface area contributed by atoms with Crippen LogP contribution in [0.4, 0.5) is 4.39 Å². The maximum atomic E-state index is 13.4. The summed E-state index contributed by atoms with van der Waals surface area (Å²) in [6, 6.07) is 4.98. The van der Waals surface area contributed by atoms with Crippen LogP contribution in [0.25, 0.3) is 11.0 Å². The van der Waals surface area contributed by atoms with Crippen molar-refractivity contribution in [1.29, 1.82) is 0 Å². The predicted octanol–water partition coefficient (Wildman–Crippen LogP) is 2.51. The molecule has 0 bridgehead atoms. The maximum absolute atomic E-state index is 13.4. The van der Waals surface area contributed by atoms with Gasteiger partial charge in [0.15, 0.2) is 5.82 Å². The lowest BCUT2D eigenvalue weighted by molar-refractivity contribution is 0.362. The monoisotopic (exact) mass is 234 g/mol. The summed E-state index contributed by atoms with van der Waals surface area (Å²) in [5.74, 6) is 0.253. The molecule has 1 N–H and O–H groups in total. The van der Waals surface area contributed by atoms with Gasteiger partial charge in [-0.15, -0.1) is 0 Å². The molecule has 2 heterocycles. The minimum Gasteiger partial charge on any atom is -0.353 e. The highest BCUT2D eigenvalue weighted by Gasteiger charge is 2.18. The molecule has 1 atom stereocenters. The Kier molecular flexibility index (Phi) is 2.81. The number of halogens is 1. The molecule has 0 amide bonds. The van der Waals surface area contributed by atoms with Crippen molar-refractivity contribution in [1.82, 2.24) is 10.5 Å². The van der Waals surface area contributed by atoms with Gasteiger partial charge in [0.05, 0.1) is 5.69 Å². The second-order valence-electron chi connectivity index (χ2n) is 4.66. The van der Waals surface area contributed by atoms with Crippen molar-refractivity contribution in [3.63, 3.8) is 0 Å². The molecule has 1 aromatic heterocycles. The molecule has 90 valence electrons. The zero-order chi connectivity index (χ0) is 11.7. The van der Waals surface area contributed by atoms with E-state index in [2.05, 4.69) is 10.5 Å². The Morgan fingerprint density at radius 2 is 2.41 bits per heavy atom. The van der Waals surface area contributed by atoms with Crippen LogP contribution in [0.5, 0.6) is 0 Å². The molecule has 0 radical (unpaired) electrons. The fourth-order valence-corrected chi connectivity index (χ4v) is 2.50. The van der Waals surface area contributed by atoms with E-state index in [4.69, 9.17) is 4.52 Å². The van der Waals surface area contributed by atoms with Gasteiger partial charge < -0.3 is 9.84 Å². The molecule has 0 spiro atoms. The Balaban J connectivity index is 1.87. The fourth-order valence-electron chi connectivity index (χ4n) is 2.50. The molecule has 1 unspecified atom stereocenters. The van der Waals surface area contributed by atoms with Gasteiger partial charge in [-0.05, 0) is 50.4 Å². The van der Waals surface area contributed by atoms with E-state index in [1.807, 2.05) is 6.07 Å². The first kappa shape index (κ1) is 10.7. The van der Waals surface area contributed by atoms with E-state index < -0.39 is 0 Å². The Labute approximate surface area is 99.0 Å². The summed E-state index contributed by atoms with van der Waals surface area (Å²) < 4.78 is 18.5. The SMILES string of the molecule is Fc1cccc2c(CC3CCCNC3)noc12. The lowest BCUT2D eigenvalue weighted by Crippen LogP contribution is -2.30. The first-order valence-corrected chi connectivity index (χ1v) is 6.08. The third-order valence-corrected chi connectivity index (χ3v) is 3.41. The Morgan fingerprint density at radius 1 is 1.47 bits per heavy atom. The number of piperidine rings is 1. The van der Waals surface area contributed by atoms with Crippen molar-refractivity contribution in [3.8, 4) is 0 Å². The van der Waals surface area contributed by atoms with Crippen LogP contribution in [0, 0.1) is 11.7 Å². The molecule has 1 aliphatic heterocycles. The average molecular weight is 234 g/mol. The van der Waals surface area contributed by atoms with Crippen molar-refractivity contribution in [2.45, 2.75) is 19.3 Å². The molecule has 1 aliphatic rings. The van der Waals surface area contributed by atoms with Crippen LogP contribution >= 0.6 is 0 Å². The first-order chi connectivity index (χ1) is 8.34. The van der Waals surface area contributed by atoms with Crippen LogP contribution in [0.15, 0.2) is 22.7 Å². The van der Waals surface area contributed by atoms with Crippen LogP contribution in [0.2, 0.25) is 0 Å². The summed E-state index contributed by atoms with van der Waals surface area (Å²) >= 11 is 0. The maximum Gasteiger partial charge on any atom is 0.202 e.